The van der Waals surface area contributed by atoms with E-state index in [4.69, 9.17) is 10.00 Å². The fraction of sp³-hybridized carbons (Fsp3) is 0.214. The first kappa shape index (κ1) is 12.4. The van der Waals surface area contributed by atoms with Crippen molar-refractivity contribution < 1.29 is 4.74 Å². The molecule has 1 aliphatic heterocycles. The fourth-order valence-corrected chi connectivity index (χ4v) is 2.36. The monoisotopic (exact) mass is 269 g/mol. The van der Waals surface area contributed by atoms with Crippen LogP contribution in [-0.4, -0.2) is 16.6 Å². The summed E-state index contributed by atoms with van der Waals surface area (Å²) in [5.74, 6) is 0. The highest BCUT2D eigenvalue weighted by Gasteiger charge is 2.25. The number of hydrogen-bond acceptors (Lipinski definition) is 4. The summed E-state index contributed by atoms with van der Waals surface area (Å²) in [6.45, 7) is 0.410. The van der Waals surface area contributed by atoms with Gasteiger partial charge in [-0.15, -0.1) is 0 Å². The van der Waals surface area contributed by atoms with E-state index < -0.39 is 11.8 Å². The molecule has 1 aromatic carbocycles. The lowest BCUT2D eigenvalue weighted by Crippen LogP contribution is -2.33. The Balaban J connectivity index is 2.12. The molecule has 0 fully saturated rings. The van der Waals surface area contributed by atoms with Crippen molar-refractivity contribution in [2.24, 2.45) is 0 Å². The van der Waals surface area contributed by atoms with Gasteiger partial charge in [-0.05, 0) is 17.7 Å². The van der Waals surface area contributed by atoms with Crippen molar-refractivity contribution in [3.05, 3.63) is 67.5 Å². The van der Waals surface area contributed by atoms with Crippen molar-refractivity contribution in [1.82, 2.24) is 9.97 Å². The third-order valence-electron chi connectivity index (χ3n) is 3.32. The molecule has 0 saturated carbocycles. The summed E-state index contributed by atoms with van der Waals surface area (Å²) in [6, 6.07) is 8.92. The lowest BCUT2D eigenvalue weighted by molar-refractivity contribution is 0.0655. The van der Waals surface area contributed by atoms with E-state index in [-0.39, 0.29) is 5.56 Å². The van der Waals surface area contributed by atoms with Gasteiger partial charge in [0.15, 0.2) is 0 Å². The Morgan fingerprint density at radius 3 is 2.65 bits per heavy atom. The maximum Gasteiger partial charge on any atom is 0.326 e. The van der Waals surface area contributed by atoms with Crippen LogP contribution in [0.4, 0.5) is 0 Å². The van der Waals surface area contributed by atoms with E-state index in [0.717, 1.165) is 5.56 Å². The second-order valence-electron chi connectivity index (χ2n) is 4.54. The van der Waals surface area contributed by atoms with E-state index in [9.17, 15) is 9.59 Å². The summed E-state index contributed by atoms with van der Waals surface area (Å²) in [4.78, 5) is 28.1. The Bertz CT molecular complexity index is 796. The standard InChI is InChI=1S/C14H11N3O3/c15-7-8-1-3-9(4-2-8)12-11-10(5-6-20-12)13(18)17-14(19)16-11/h1-4,12H,5-6H2,(H2,16,17,18,19). The van der Waals surface area contributed by atoms with Gasteiger partial charge in [-0.3, -0.25) is 9.78 Å². The molecule has 1 unspecified atom stereocenters. The molecule has 1 aromatic heterocycles. The number of benzene rings is 1. The minimum absolute atomic E-state index is 0.370. The lowest BCUT2D eigenvalue weighted by Gasteiger charge is -2.25. The quantitative estimate of drug-likeness (QED) is 0.791. The third-order valence-corrected chi connectivity index (χ3v) is 3.32. The molecule has 0 amide bonds. The summed E-state index contributed by atoms with van der Waals surface area (Å²) in [6.07, 6.45) is -0.0182. The van der Waals surface area contributed by atoms with E-state index in [2.05, 4.69) is 9.97 Å². The highest BCUT2D eigenvalue weighted by Crippen LogP contribution is 2.29. The van der Waals surface area contributed by atoms with Crippen LogP contribution >= 0.6 is 0 Å². The molecular formula is C14H11N3O3. The van der Waals surface area contributed by atoms with Crippen LogP contribution in [0.5, 0.6) is 0 Å². The molecule has 2 N–H and O–H groups in total. The number of nitriles is 1. The molecule has 6 heteroatoms. The van der Waals surface area contributed by atoms with Gasteiger partial charge in [-0.25, -0.2) is 4.79 Å². The van der Waals surface area contributed by atoms with Crippen LogP contribution in [0.25, 0.3) is 0 Å². The molecule has 0 radical (unpaired) electrons. The molecule has 0 aliphatic carbocycles. The topological polar surface area (TPSA) is 98.7 Å². The first-order valence-electron chi connectivity index (χ1n) is 6.16. The Labute approximate surface area is 113 Å². The van der Waals surface area contributed by atoms with E-state index in [1.165, 1.54) is 0 Å². The van der Waals surface area contributed by atoms with Crippen molar-refractivity contribution in [2.75, 3.05) is 6.61 Å². The molecule has 3 rings (SSSR count). The van der Waals surface area contributed by atoms with Crippen LogP contribution < -0.4 is 11.2 Å². The van der Waals surface area contributed by atoms with Gasteiger partial charge in [-0.1, -0.05) is 12.1 Å². The van der Waals surface area contributed by atoms with E-state index >= 15 is 0 Å². The SMILES string of the molecule is N#Cc1ccc(C2OCCc3c2[nH]c(=O)[nH]c3=O)cc1. The van der Waals surface area contributed by atoms with Crippen LogP contribution in [0, 0.1) is 11.3 Å². The number of aromatic nitrogens is 2. The van der Waals surface area contributed by atoms with Gasteiger partial charge < -0.3 is 9.72 Å². The van der Waals surface area contributed by atoms with Crippen molar-refractivity contribution in [3.8, 4) is 6.07 Å². The summed E-state index contributed by atoms with van der Waals surface area (Å²) in [5.41, 5.74) is 1.47. The Hall–Kier alpha value is -2.65. The first-order valence-corrected chi connectivity index (χ1v) is 6.16. The van der Waals surface area contributed by atoms with Crippen molar-refractivity contribution in [1.29, 1.82) is 5.26 Å². The summed E-state index contributed by atoms with van der Waals surface area (Å²) < 4.78 is 5.67. The maximum atomic E-state index is 11.8. The number of fused-ring (bicyclic) bond motifs is 1. The highest BCUT2D eigenvalue weighted by molar-refractivity contribution is 5.37. The van der Waals surface area contributed by atoms with E-state index in [0.29, 0.717) is 29.8 Å². The van der Waals surface area contributed by atoms with Crippen LogP contribution in [0.15, 0.2) is 33.9 Å². The Morgan fingerprint density at radius 2 is 1.95 bits per heavy atom. The second kappa shape index (κ2) is 4.79. The highest BCUT2D eigenvalue weighted by atomic mass is 16.5. The Morgan fingerprint density at radius 1 is 1.20 bits per heavy atom. The van der Waals surface area contributed by atoms with Crippen LogP contribution in [0.1, 0.15) is 28.5 Å². The van der Waals surface area contributed by atoms with Gasteiger partial charge in [0, 0.05) is 12.0 Å². The Kier molecular flexibility index (Phi) is 2.97. The number of H-pyrrole nitrogens is 2. The smallest absolute Gasteiger partial charge is 0.326 e. The van der Waals surface area contributed by atoms with Crippen LogP contribution in [0.3, 0.4) is 0 Å². The third kappa shape index (κ3) is 2.04. The molecule has 20 heavy (non-hydrogen) atoms. The minimum atomic E-state index is -0.544. The van der Waals surface area contributed by atoms with Crippen LogP contribution in [0.2, 0.25) is 0 Å². The molecule has 1 atom stereocenters. The zero-order chi connectivity index (χ0) is 14.1. The van der Waals surface area contributed by atoms with Gasteiger partial charge in [0.25, 0.3) is 5.56 Å². The molecule has 0 bridgehead atoms. The number of hydrogen-bond donors (Lipinski definition) is 2. The number of rotatable bonds is 1. The molecule has 1 aliphatic rings. The molecule has 100 valence electrons. The predicted molar refractivity (Wildman–Crippen MR) is 70.3 cm³/mol. The number of aromatic amines is 2. The molecule has 2 heterocycles. The average Bonchev–Trinajstić information content (AvgIpc) is 2.47. The number of nitrogens with one attached hydrogen (secondary N) is 2. The van der Waals surface area contributed by atoms with Crippen molar-refractivity contribution in [2.45, 2.75) is 12.5 Å². The second-order valence-corrected chi connectivity index (χ2v) is 4.54. The summed E-state index contributed by atoms with van der Waals surface area (Å²) >= 11 is 0. The van der Waals surface area contributed by atoms with Crippen molar-refractivity contribution in [3.63, 3.8) is 0 Å². The lowest BCUT2D eigenvalue weighted by atomic mass is 9.98. The summed E-state index contributed by atoms with van der Waals surface area (Å²) in [5, 5.41) is 8.80. The maximum absolute atomic E-state index is 11.8. The van der Waals surface area contributed by atoms with Crippen LogP contribution in [-0.2, 0) is 11.2 Å². The van der Waals surface area contributed by atoms with Crippen molar-refractivity contribution >= 4 is 0 Å². The molecular weight excluding hydrogens is 258 g/mol. The van der Waals surface area contributed by atoms with Gasteiger partial charge in [0.1, 0.15) is 6.10 Å². The largest absolute Gasteiger partial charge is 0.367 e. The molecule has 0 saturated heterocycles. The molecule has 0 spiro atoms. The minimum Gasteiger partial charge on any atom is -0.367 e. The van der Waals surface area contributed by atoms with Gasteiger partial charge in [-0.2, -0.15) is 5.26 Å². The van der Waals surface area contributed by atoms with Gasteiger partial charge in [0.2, 0.25) is 0 Å². The fourth-order valence-electron chi connectivity index (χ4n) is 2.36. The molecule has 6 nitrogen and oxygen atoms in total. The van der Waals surface area contributed by atoms with E-state index in [1.54, 1.807) is 24.3 Å². The van der Waals surface area contributed by atoms with Gasteiger partial charge >= 0.3 is 5.69 Å². The van der Waals surface area contributed by atoms with Gasteiger partial charge in [0.05, 0.1) is 23.9 Å². The number of ether oxygens (including phenoxy) is 1. The normalized spacial score (nSPS) is 17.2. The first-order chi connectivity index (χ1) is 9.69. The zero-order valence-electron chi connectivity index (χ0n) is 10.5. The number of nitrogens with zero attached hydrogens (tertiary/aromatic N) is 1. The summed E-state index contributed by atoms with van der Waals surface area (Å²) in [7, 11) is 0. The predicted octanol–water partition coefficient (Wildman–Crippen LogP) is 0.597. The van der Waals surface area contributed by atoms with E-state index in [1.807, 2.05) is 6.07 Å². The zero-order valence-corrected chi connectivity index (χ0v) is 10.5. The molecule has 2 aromatic rings. The average molecular weight is 269 g/mol.